The maximum absolute atomic E-state index is 12.2. The van der Waals surface area contributed by atoms with Gasteiger partial charge >= 0.3 is 6.61 Å². The van der Waals surface area contributed by atoms with Gasteiger partial charge in [0.25, 0.3) is 0 Å². The fraction of sp³-hybridized carbons (Fsp3) is 0.167. The number of benzene rings is 1. The molecule has 0 spiro atoms. The summed E-state index contributed by atoms with van der Waals surface area (Å²) in [6.07, 6.45) is 1.34. The van der Waals surface area contributed by atoms with Gasteiger partial charge in [-0.2, -0.15) is 13.9 Å². The lowest BCUT2D eigenvalue weighted by Crippen LogP contribution is -2.09. The zero-order valence-corrected chi connectivity index (χ0v) is 10.6. The molecule has 0 aliphatic heterocycles. The van der Waals surface area contributed by atoms with E-state index in [9.17, 15) is 13.6 Å². The lowest BCUT2D eigenvalue weighted by molar-refractivity contribution is -0.0498. The van der Waals surface area contributed by atoms with Crippen molar-refractivity contribution < 1.29 is 18.3 Å². The molecule has 1 aromatic carbocycles. The second-order valence-electron chi connectivity index (χ2n) is 3.70. The summed E-state index contributed by atoms with van der Waals surface area (Å²) in [5, 5.41) is 4.05. The van der Waals surface area contributed by atoms with E-state index in [0.29, 0.717) is 0 Å². The average Bonchev–Trinajstić information content (AvgIpc) is 2.68. The van der Waals surface area contributed by atoms with Gasteiger partial charge in [-0.25, -0.2) is 0 Å². The Morgan fingerprint density at radius 2 is 2.21 bits per heavy atom. The molecule has 100 valence electrons. The summed E-state index contributed by atoms with van der Waals surface area (Å²) in [6, 6.07) is 5.52. The van der Waals surface area contributed by atoms with Gasteiger partial charge in [-0.3, -0.25) is 9.48 Å². The summed E-state index contributed by atoms with van der Waals surface area (Å²) in [4.78, 5) is 12.2. The molecule has 0 atom stereocenters. The van der Waals surface area contributed by atoms with Crippen molar-refractivity contribution in [2.75, 3.05) is 0 Å². The number of rotatable bonds is 4. The smallest absolute Gasteiger partial charge is 0.387 e. The number of hydrogen-bond donors (Lipinski definition) is 0. The van der Waals surface area contributed by atoms with Gasteiger partial charge in [0.05, 0.1) is 11.2 Å². The van der Waals surface area contributed by atoms with E-state index in [0.717, 1.165) is 0 Å². The predicted octanol–water partition coefficient (Wildman–Crippen LogP) is 2.91. The fourth-order valence-corrected chi connectivity index (χ4v) is 1.87. The zero-order chi connectivity index (χ0) is 14.0. The molecule has 0 fully saturated rings. The molecule has 0 amide bonds. The van der Waals surface area contributed by atoms with Crippen molar-refractivity contribution in [1.82, 2.24) is 9.78 Å². The van der Waals surface area contributed by atoms with Gasteiger partial charge in [-0.1, -0.05) is 23.7 Å². The SMILES string of the molecule is Cn1ncc(Cl)c1C(=O)c1cccc(OC(F)F)c1. The van der Waals surface area contributed by atoms with E-state index >= 15 is 0 Å². The van der Waals surface area contributed by atoms with Crippen LogP contribution in [0.25, 0.3) is 0 Å². The van der Waals surface area contributed by atoms with Crippen LogP contribution in [0.4, 0.5) is 8.78 Å². The normalized spacial score (nSPS) is 10.8. The minimum Gasteiger partial charge on any atom is -0.435 e. The van der Waals surface area contributed by atoms with Crippen LogP contribution in [0, 0.1) is 0 Å². The summed E-state index contributed by atoms with van der Waals surface area (Å²) in [5.74, 6) is -0.496. The molecule has 19 heavy (non-hydrogen) atoms. The molecule has 0 radical (unpaired) electrons. The Kier molecular flexibility index (Phi) is 3.80. The van der Waals surface area contributed by atoms with E-state index in [1.807, 2.05) is 0 Å². The van der Waals surface area contributed by atoms with E-state index in [4.69, 9.17) is 11.6 Å². The first kappa shape index (κ1) is 13.5. The van der Waals surface area contributed by atoms with Crippen LogP contribution in [0.3, 0.4) is 0 Å². The molecule has 0 aliphatic carbocycles. The van der Waals surface area contributed by atoms with Gasteiger partial charge in [0, 0.05) is 12.6 Å². The molecule has 0 N–H and O–H groups in total. The Bertz CT molecular complexity index is 594. The van der Waals surface area contributed by atoms with Gasteiger partial charge in [-0.05, 0) is 12.1 Å². The number of ketones is 1. The first-order valence-corrected chi connectivity index (χ1v) is 5.64. The molecule has 4 nitrogen and oxygen atoms in total. The Morgan fingerprint density at radius 3 is 2.79 bits per heavy atom. The second-order valence-corrected chi connectivity index (χ2v) is 4.11. The standard InChI is InChI=1S/C12H9ClF2N2O2/c1-17-10(9(13)6-16-17)11(18)7-3-2-4-8(5-7)19-12(14)15/h2-6,12H,1H3. The number of nitrogens with zero attached hydrogens (tertiary/aromatic N) is 2. The number of hydrogen-bond acceptors (Lipinski definition) is 3. The Balaban J connectivity index is 2.34. The molecule has 0 saturated carbocycles. The van der Waals surface area contributed by atoms with Gasteiger partial charge in [0.15, 0.2) is 0 Å². The van der Waals surface area contributed by atoms with Crippen molar-refractivity contribution in [3.05, 3.63) is 46.7 Å². The largest absolute Gasteiger partial charge is 0.435 e. The van der Waals surface area contributed by atoms with Crippen molar-refractivity contribution in [2.45, 2.75) is 6.61 Å². The monoisotopic (exact) mass is 286 g/mol. The molecule has 2 aromatic rings. The third kappa shape index (κ3) is 2.90. The van der Waals surface area contributed by atoms with Crippen molar-refractivity contribution in [1.29, 1.82) is 0 Å². The molecule has 7 heteroatoms. The number of aryl methyl sites for hydroxylation is 1. The lowest BCUT2D eigenvalue weighted by Gasteiger charge is -2.06. The minimum absolute atomic E-state index is 0.0841. The summed E-state index contributed by atoms with van der Waals surface area (Å²) in [7, 11) is 1.57. The van der Waals surface area contributed by atoms with E-state index in [-0.39, 0.29) is 22.0 Å². The Labute approximate surface area is 112 Å². The maximum Gasteiger partial charge on any atom is 0.387 e. The molecule has 1 heterocycles. The predicted molar refractivity (Wildman–Crippen MR) is 64.7 cm³/mol. The quantitative estimate of drug-likeness (QED) is 0.812. The summed E-state index contributed by atoms with van der Waals surface area (Å²) in [5.41, 5.74) is 0.388. The third-order valence-electron chi connectivity index (χ3n) is 2.43. The molecule has 1 aromatic heterocycles. The molecular weight excluding hydrogens is 278 g/mol. The van der Waals surface area contributed by atoms with Gasteiger partial charge in [0.2, 0.25) is 5.78 Å². The van der Waals surface area contributed by atoms with Gasteiger partial charge in [-0.15, -0.1) is 0 Å². The number of aromatic nitrogens is 2. The van der Waals surface area contributed by atoms with Crippen LogP contribution in [0.15, 0.2) is 30.5 Å². The number of alkyl halides is 2. The number of halogens is 3. The van der Waals surface area contributed by atoms with E-state index in [2.05, 4.69) is 9.84 Å². The molecule has 0 aliphatic rings. The van der Waals surface area contributed by atoms with Crippen LogP contribution in [0.5, 0.6) is 5.75 Å². The number of carbonyl (C=O) groups is 1. The highest BCUT2D eigenvalue weighted by atomic mass is 35.5. The Hall–Kier alpha value is -1.95. The average molecular weight is 287 g/mol. The number of carbonyl (C=O) groups excluding carboxylic acids is 1. The van der Waals surface area contributed by atoms with Crippen LogP contribution in [-0.2, 0) is 7.05 Å². The van der Waals surface area contributed by atoms with E-state index < -0.39 is 12.4 Å². The van der Waals surface area contributed by atoms with Crippen molar-refractivity contribution in [2.24, 2.45) is 7.05 Å². The van der Waals surface area contributed by atoms with E-state index in [1.54, 1.807) is 7.05 Å². The maximum atomic E-state index is 12.2. The van der Waals surface area contributed by atoms with E-state index in [1.165, 1.54) is 35.1 Å². The highest BCUT2D eigenvalue weighted by Crippen LogP contribution is 2.22. The van der Waals surface area contributed by atoms with Crippen molar-refractivity contribution >= 4 is 17.4 Å². The summed E-state index contributed by atoms with van der Waals surface area (Å²) >= 11 is 5.86. The fourth-order valence-electron chi connectivity index (χ4n) is 1.62. The van der Waals surface area contributed by atoms with Crippen LogP contribution in [0.2, 0.25) is 5.02 Å². The molecule has 0 saturated heterocycles. The molecule has 0 bridgehead atoms. The molecular formula is C12H9ClF2N2O2. The van der Waals surface area contributed by atoms with Crippen LogP contribution in [-0.4, -0.2) is 22.2 Å². The molecule has 2 rings (SSSR count). The minimum atomic E-state index is -2.94. The highest BCUT2D eigenvalue weighted by Gasteiger charge is 2.18. The van der Waals surface area contributed by atoms with Crippen molar-refractivity contribution in [3.63, 3.8) is 0 Å². The number of ether oxygens (including phenoxy) is 1. The lowest BCUT2D eigenvalue weighted by atomic mass is 10.1. The van der Waals surface area contributed by atoms with Crippen molar-refractivity contribution in [3.8, 4) is 5.75 Å². The van der Waals surface area contributed by atoms with Gasteiger partial charge in [0.1, 0.15) is 11.4 Å². The highest BCUT2D eigenvalue weighted by molar-refractivity contribution is 6.34. The van der Waals surface area contributed by atoms with Crippen LogP contribution >= 0.6 is 11.6 Å². The van der Waals surface area contributed by atoms with Crippen LogP contribution < -0.4 is 4.74 Å². The topological polar surface area (TPSA) is 44.1 Å². The Morgan fingerprint density at radius 1 is 1.47 bits per heavy atom. The zero-order valence-electron chi connectivity index (χ0n) is 9.81. The molecule has 0 unspecified atom stereocenters. The summed E-state index contributed by atoms with van der Waals surface area (Å²) < 4.78 is 29.8. The summed E-state index contributed by atoms with van der Waals surface area (Å²) in [6.45, 7) is -2.94. The second kappa shape index (κ2) is 5.36. The first-order valence-electron chi connectivity index (χ1n) is 5.26. The first-order chi connectivity index (χ1) is 8.99. The van der Waals surface area contributed by atoms with Crippen LogP contribution in [0.1, 0.15) is 16.1 Å². The van der Waals surface area contributed by atoms with Gasteiger partial charge < -0.3 is 4.74 Å². The third-order valence-corrected chi connectivity index (χ3v) is 2.71.